The van der Waals surface area contributed by atoms with E-state index in [4.69, 9.17) is 25.8 Å². The summed E-state index contributed by atoms with van der Waals surface area (Å²) < 4.78 is 16.5. The monoisotopic (exact) mass is 436 g/mol. The minimum Gasteiger partial charge on any atom is -0.485 e. The van der Waals surface area contributed by atoms with E-state index in [-0.39, 0.29) is 12.2 Å². The molecular weight excluding hydrogens is 420 g/mol. The topological polar surface area (TPSA) is 86.2 Å². The van der Waals surface area contributed by atoms with Crippen molar-refractivity contribution in [3.63, 3.8) is 0 Å². The van der Waals surface area contributed by atoms with Gasteiger partial charge in [0.2, 0.25) is 6.10 Å². The van der Waals surface area contributed by atoms with Crippen molar-refractivity contribution in [1.29, 1.82) is 0 Å². The Balaban J connectivity index is 1.30. The Morgan fingerprint density at radius 2 is 1.71 bits per heavy atom. The average molecular weight is 437 g/mol. The molecule has 0 saturated heterocycles. The Hall–Kier alpha value is -3.84. The highest BCUT2D eigenvalue weighted by Crippen LogP contribution is 2.30. The Bertz CT molecular complexity index is 1130. The molecule has 0 bridgehead atoms. The van der Waals surface area contributed by atoms with E-state index in [0.29, 0.717) is 27.8 Å². The smallest absolute Gasteiger partial charge is 0.345 e. The lowest BCUT2D eigenvalue weighted by molar-refractivity contribution is -0.130. The number of para-hydroxylation sites is 2. The minimum absolute atomic E-state index is 0.101. The highest BCUT2D eigenvalue weighted by molar-refractivity contribution is 6.33. The molecule has 156 valence electrons. The van der Waals surface area contributed by atoms with Gasteiger partial charge in [0.05, 0.1) is 16.8 Å². The number of fused-ring (bicyclic) bond motifs is 1. The normalized spacial score (nSPS) is 14.8. The van der Waals surface area contributed by atoms with E-state index in [1.54, 1.807) is 66.7 Å². The molecule has 7 nitrogen and oxygen atoms in total. The number of carbonyl (C=O) groups excluding carboxylic acids is 2. The summed E-state index contributed by atoms with van der Waals surface area (Å²) in [6, 6.07) is 20.4. The third-order valence-electron chi connectivity index (χ3n) is 4.37. The second-order valence-electron chi connectivity index (χ2n) is 6.54. The lowest BCUT2D eigenvalue weighted by Gasteiger charge is -2.24. The number of amides is 1. The van der Waals surface area contributed by atoms with Gasteiger partial charge < -0.3 is 14.2 Å². The first-order valence-electron chi connectivity index (χ1n) is 9.38. The Morgan fingerprint density at radius 3 is 2.48 bits per heavy atom. The van der Waals surface area contributed by atoms with Gasteiger partial charge in [-0.05, 0) is 54.1 Å². The van der Waals surface area contributed by atoms with E-state index >= 15 is 0 Å². The first-order valence-corrected chi connectivity index (χ1v) is 9.76. The third-order valence-corrected chi connectivity index (χ3v) is 4.70. The maximum atomic E-state index is 12.2. The molecule has 0 aromatic heterocycles. The first kappa shape index (κ1) is 20.4. The van der Waals surface area contributed by atoms with Crippen LogP contribution in [0.3, 0.4) is 0 Å². The molecule has 3 aromatic carbocycles. The third kappa shape index (κ3) is 5.02. The summed E-state index contributed by atoms with van der Waals surface area (Å²) in [5.41, 5.74) is 3.42. The summed E-state index contributed by atoms with van der Waals surface area (Å²) in [5, 5.41) is 4.26. The number of hydrazone groups is 1. The molecule has 0 fully saturated rings. The van der Waals surface area contributed by atoms with Crippen molar-refractivity contribution >= 4 is 29.7 Å². The highest BCUT2D eigenvalue weighted by Gasteiger charge is 2.26. The van der Waals surface area contributed by atoms with E-state index in [2.05, 4.69) is 10.5 Å². The van der Waals surface area contributed by atoms with Crippen LogP contribution in [0.15, 0.2) is 77.9 Å². The van der Waals surface area contributed by atoms with Crippen LogP contribution in [0.4, 0.5) is 0 Å². The van der Waals surface area contributed by atoms with Crippen LogP contribution in [0.5, 0.6) is 17.2 Å². The summed E-state index contributed by atoms with van der Waals surface area (Å²) >= 11 is 6.00. The number of hydrogen-bond acceptors (Lipinski definition) is 6. The summed E-state index contributed by atoms with van der Waals surface area (Å²) in [5.74, 6) is 0.509. The van der Waals surface area contributed by atoms with Gasteiger partial charge in [0, 0.05) is 0 Å². The fourth-order valence-corrected chi connectivity index (χ4v) is 3.01. The predicted octanol–water partition coefficient (Wildman–Crippen LogP) is 3.85. The molecule has 3 aromatic rings. The zero-order valence-electron chi connectivity index (χ0n) is 16.2. The van der Waals surface area contributed by atoms with Crippen molar-refractivity contribution in [2.75, 3.05) is 6.61 Å². The quantitative estimate of drug-likeness (QED) is 0.284. The molecule has 0 radical (unpaired) electrons. The number of rotatable bonds is 5. The van der Waals surface area contributed by atoms with E-state index in [9.17, 15) is 9.59 Å². The van der Waals surface area contributed by atoms with Crippen molar-refractivity contribution < 1.29 is 23.8 Å². The van der Waals surface area contributed by atoms with E-state index in [0.717, 1.165) is 0 Å². The van der Waals surface area contributed by atoms with Crippen LogP contribution in [-0.2, 0) is 4.79 Å². The van der Waals surface area contributed by atoms with Crippen molar-refractivity contribution in [2.45, 2.75) is 6.10 Å². The van der Waals surface area contributed by atoms with Crippen LogP contribution < -0.4 is 19.6 Å². The number of halogens is 1. The number of hydrogen-bond donors (Lipinski definition) is 1. The molecule has 1 heterocycles. The molecule has 0 saturated carbocycles. The summed E-state index contributed by atoms with van der Waals surface area (Å²) in [4.78, 5) is 24.4. The molecule has 1 aliphatic heterocycles. The van der Waals surface area contributed by atoms with Gasteiger partial charge in [-0.1, -0.05) is 35.9 Å². The summed E-state index contributed by atoms with van der Waals surface area (Å²) in [6.45, 7) is 0.101. The number of ether oxygens (including phenoxy) is 3. The predicted molar refractivity (Wildman–Crippen MR) is 115 cm³/mol. The van der Waals surface area contributed by atoms with Crippen molar-refractivity contribution in [3.8, 4) is 17.2 Å². The molecule has 8 heteroatoms. The standard InChI is InChI=1S/C23H17ClN2O5/c24-18-6-2-1-5-17(18)23(28)30-16-11-9-15(10-12-16)13-25-26-22(27)21-14-29-19-7-3-4-8-20(19)31-21/h1-13,21H,14H2,(H,26,27)/b25-13-. The van der Waals surface area contributed by atoms with E-state index in [1.807, 2.05) is 6.07 Å². The van der Waals surface area contributed by atoms with Gasteiger partial charge in [-0.2, -0.15) is 5.10 Å². The van der Waals surface area contributed by atoms with Crippen LogP contribution >= 0.6 is 11.6 Å². The number of nitrogens with zero attached hydrogens (tertiary/aromatic N) is 1. The lowest BCUT2D eigenvalue weighted by atomic mass is 10.2. The van der Waals surface area contributed by atoms with E-state index < -0.39 is 18.0 Å². The van der Waals surface area contributed by atoms with Crippen LogP contribution in [0.25, 0.3) is 0 Å². The maximum absolute atomic E-state index is 12.2. The van der Waals surface area contributed by atoms with E-state index in [1.165, 1.54) is 6.21 Å². The molecule has 1 N–H and O–H groups in total. The van der Waals surface area contributed by atoms with Gasteiger partial charge in [-0.15, -0.1) is 0 Å². The Morgan fingerprint density at radius 1 is 1.00 bits per heavy atom. The molecular formula is C23H17ClN2O5. The van der Waals surface area contributed by atoms with Gasteiger partial charge in [0.25, 0.3) is 5.91 Å². The van der Waals surface area contributed by atoms with Gasteiger partial charge in [-0.3, -0.25) is 4.79 Å². The van der Waals surface area contributed by atoms with Gasteiger partial charge >= 0.3 is 5.97 Å². The minimum atomic E-state index is -0.793. The van der Waals surface area contributed by atoms with Crippen LogP contribution in [0, 0.1) is 0 Å². The number of benzene rings is 3. The molecule has 31 heavy (non-hydrogen) atoms. The number of esters is 1. The molecule has 4 rings (SSSR count). The maximum Gasteiger partial charge on any atom is 0.345 e. The zero-order valence-corrected chi connectivity index (χ0v) is 16.9. The second-order valence-corrected chi connectivity index (χ2v) is 6.94. The second kappa shape index (κ2) is 9.32. The number of nitrogens with one attached hydrogen (secondary N) is 1. The van der Waals surface area contributed by atoms with Crippen molar-refractivity contribution in [1.82, 2.24) is 5.43 Å². The fraction of sp³-hybridized carbons (Fsp3) is 0.0870. The highest BCUT2D eigenvalue weighted by atomic mass is 35.5. The number of carbonyl (C=O) groups is 2. The SMILES string of the molecule is O=C(Oc1ccc(/C=N\NC(=O)C2COc3ccccc3O2)cc1)c1ccccc1Cl. The van der Waals surface area contributed by atoms with Crippen LogP contribution in [0.1, 0.15) is 15.9 Å². The van der Waals surface area contributed by atoms with Gasteiger partial charge in [0.15, 0.2) is 11.5 Å². The summed E-state index contributed by atoms with van der Waals surface area (Å²) in [7, 11) is 0. The van der Waals surface area contributed by atoms with Crippen molar-refractivity contribution in [2.24, 2.45) is 5.10 Å². The Labute approximate surface area is 183 Å². The molecule has 1 unspecified atom stereocenters. The van der Waals surface area contributed by atoms with Crippen LogP contribution in [0.2, 0.25) is 5.02 Å². The first-order chi connectivity index (χ1) is 15.1. The Kier molecular flexibility index (Phi) is 6.14. The summed E-state index contributed by atoms with van der Waals surface area (Å²) in [6.07, 6.45) is 0.675. The molecule has 0 aliphatic carbocycles. The molecule has 1 amide bonds. The average Bonchev–Trinajstić information content (AvgIpc) is 2.80. The lowest BCUT2D eigenvalue weighted by Crippen LogP contribution is -2.42. The van der Waals surface area contributed by atoms with Crippen LogP contribution in [-0.4, -0.2) is 30.8 Å². The zero-order chi connectivity index (χ0) is 21.6. The largest absolute Gasteiger partial charge is 0.485 e. The van der Waals surface area contributed by atoms with Gasteiger partial charge in [0.1, 0.15) is 12.4 Å². The molecule has 1 atom stereocenters. The van der Waals surface area contributed by atoms with Gasteiger partial charge in [-0.25, -0.2) is 10.2 Å². The molecule has 1 aliphatic rings. The molecule has 0 spiro atoms. The van der Waals surface area contributed by atoms with Crippen molar-refractivity contribution in [3.05, 3.63) is 88.9 Å². The fourth-order valence-electron chi connectivity index (χ4n) is 2.80.